The van der Waals surface area contributed by atoms with E-state index in [1.165, 1.54) is 64.8 Å². The van der Waals surface area contributed by atoms with Crippen molar-refractivity contribution in [2.24, 2.45) is 11.3 Å². The van der Waals surface area contributed by atoms with Crippen LogP contribution in [-0.4, -0.2) is 50.3 Å². The summed E-state index contributed by atoms with van der Waals surface area (Å²) in [5.41, 5.74) is 0.740. The molecule has 2 atom stereocenters. The number of hydrogen-bond acceptors (Lipinski definition) is 3. The maximum absolute atomic E-state index is 5.80. The summed E-state index contributed by atoms with van der Waals surface area (Å²) in [4.78, 5) is 2.67. The lowest BCUT2D eigenvalue weighted by Gasteiger charge is -2.33. The number of rotatable bonds is 4. The van der Waals surface area contributed by atoms with E-state index < -0.39 is 0 Å². The van der Waals surface area contributed by atoms with E-state index in [1.54, 1.807) is 0 Å². The van der Waals surface area contributed by atoms with Crippen molar-refractivity contribution in [2.45, 2.75) is 45.1 Å². The van der Waals surface area contributed by atoms with E-state index in [1.807, 2.05) is 0 Å². The van der Waals surface area contributed by atoms with E-state index in [0.717, 1.165) is 17.9 Å². The van der Waals surface area contributed by atoms with Gasteiger partial charge in [-0.1, -0.05) is 0 Å². The Morgan fingerprint density at radius 3 is 2.94 bits per heavy atom. The Hall–Kier alpha value is -0.120. The predicted molar refractivity (Wildman–Crippen MR) is 73.7 cm³/mol. The van der Waals surface area contributed by atoms with Gasteiger partial charge in [0, 0.05) is 19.7 Å². The van der Waals surface area contributed by atoms with E-state index in [0.29, 0.717) is 6.10 Å². The highest BCUT2D eigenvalue weighted by Gasteiger charge is 2.53. The average Bonchev–Trinajstić information content (AvgIpc) is 3.03. The van der Waals surface area contributed by atoms with Crippen LogP contribution in [0.25, 0.3) is 0 Å². The molecule has 1 saturated carbocycles. The molecule has 0 aromatic carbocycles. The lowest BCUT2D eigenvalue weighted by molar-refractivity contribution is 0.00343. The van der Waals surface area contributed by atoms with Gasteiger partial charge in [0.15, 0.2) is 0 Å². The van der Waals surface area contributed by atoms with Crippen molar-refractivity contribution in [3.05, 3.63) is 0 Å². The lowest BCUT2D eigenvalue weighted by atomic mass is 9.91. The van der Waals surface area contributed by atoms with Crippen molar-refractivity contribution in [3.63, 3.8) is 0 Å². The van der Waals surface area contributed by atoms with Crippen LogP contribution in [0.4, 0.5) is 0 Å². The number of nitrogens with one attached hydrogen (secondary N) is 1. The standard InChI is InChI=1S/C15H28N2O/c1-2-18-14-4-3-9-17(12-14)11-13-10-15(13)5-7-16-8-6-15/h13-14,16H,2-12H2,1H3. The molecule has 0 aromatic heterocycles. The van der Waals surface area contributed by atoms with E-state index >= 15 is 0 Å². The Morgan fingerprint density at radius 1 is 1.33 bits per heavy atom. The second-order valence-corrected chi connectivity index (χ2v) is 6.49. The highest BCUT2D eigenvalue weighted by Crippen LogP contribution is 2.58. The number of hydrogen-bond donors (Lipinski definition) is 1. The summed E-state index contributed by atoms with van der Waals surface area (Å²) >= 11 is 0. The first-order valence-corrected chi connectivity index (χ1v) is 7.87. The van der Waals surface area contributed by atoms with Gasteiger partial charge in [-0.3, -0.25) is 0 Å². The molecule has 3 heteroatoms. The minimum atomic E-state index is 0.506. The number of likely N-dealkylation sites (tertiary alicyclic amines) is 1. The first kappa shape index (κ1) is 12.9. The van der Waals surface area contributed by atoms with E-state index in [2.05, 4.69) is 17.1 Å². The highest BCUT2D eigenvalue weighted by atomic mass is 16.5. The first-order chi connectivity index (χ1) is 8.82. The summed E-state index contributed by atoms with van der Waals surface area (Å²) in [6.07, 6.45) is 7.42. The zero-order valence-electron chi connectivity index (χ0n) is 11.8. The second-order valence-electron chi connectivity index (χ2n) is 6.49. The van der Waals surface area contributed by atoms with Crippen LogP contribution in [0.5, 0.6) is 0 Å². The molecule has 3 aliphatic rings. The van der Waals surface area contributed by atoms with Crippen molar-refractivity contribution >= 4 is 0 Å². The zero-order chi connectivity index (χ0) is 12.4. The summed E-state index contributed by atoms with van der Waals surface area (Å²) in [5, 5.41) is 3.49. The number of nitrogens with zero attached hydrogens (tertiary/aromatic N) is 1. The summed E-state index contributed by atoms with van der Waals surface area (Å²) in [7, 11) is 0. The number of ether oxygens (including phenoxy) is 1. The van der Waals surface area contributed by atoms with Crippen molar-refractivity contribution < 1.29 is 4.74 Å². The molecule has 3 nitrogen and oxygen atoms in total. The molecule has 3 fully saturated rings. The summed E-state index contributed by atoms with van der Waals surface area (Å²) < 4.78 is 5.80. The zero-order valence-corrected chi connectivity index (χ0v) is 11.8. The Labute approximate surface area is 111 Å². The third-order valence-electron chi connectivity index (χ3n) is 5.30. The third kappa shape index (κ3) is 2.73. The fourth-order valence-electron chi connectivity index (χ4n) is 4.09. The van der Waals surface area contributed by atoms with Crippen molar-refractivity contribution in [1.82, 2.24) is 10.2 Å². The average molecular weight is 252 g/mol. The molecule has 0 aromatic rings. The summed E-state index contributed by atoms with van der Waals surface area (Å²) in [6.45, 7) is 9.30. The number of piperidine rings is 2. The molecule has 2 unspecified atom stereocenters. The lowest BCUT2D eigenvalue weighted by Crippen LogP contribution is -2.41. The molecule has 104 valence electrons. The van der Waals surface area contributed by atoms with Crippen LogP contribution < -0.4 is 5.32 Å². The molecule has 1 N–H and O–H groups in total. The van der Waals surface area contributed by atoms with Crippen LogP contribution in [0.3, 0.4) is 0 Å². The van der Waals surface area contributed by atoms with Crippen LogP contribution in [0.1, 0.15) is 39.0 Å². The molecule has 0 bridgehead atoms. The minimum Gasteiger partial charge on any atom is -0.377 e. The van der Waals surface area contributed by atoms with Gasteiger partial charge in [-0.15, -0.1) is 0 Å². The van der Waals surface area contributed by atoms with Crippen LogP contribution in [0.2, 0.25) is 0 Å². The van der Waals surface area contributed by atoms with Gasteiger partial charge in [0.2, 0.25) is 0 Å². The molecule has 1 spiro atoms. The van der Waals surface area contributed by atoms with E-state index in [4.69, 9.17) is 4.74 Å². The molecular weight excluding hydrogens is 224 g/mol. The van der Waals surface area contributed by atoms with Crippen LogP contribution in [-0.2, 0) is 4.74 Å². The Kier molecular flexibility index (Phi) is 3.92. The van der Waals surface area contributed by atoms with Crippen LogP contribution in [0.15, 0.2) is 0 Å². The molecule has 18 heavy (non-hydrogen) atoms. The molecule has 0 radical (unpaired) electrons. The van der Waals surface area contributed by atoms with Gasteiger partial charge >= 0.3 is 0 Å². The Balaban J connectivity index is 1.46. The fourth-order valence-corrected chi connectivity index (χ4v) is 4.09. The minimum absolute atomic E-state index is 0.506. The van der Waals surface area contributed by atoms with Gasteiger partial charge in [-0.2, -0.15) is 0 Å². The second kappa shape index (κ2) is 5.48. The summed E-state index contributed by atoms with van der Waals surface area (Å²) in [6, 6.07) is 0. The van der Waals surface area contributed by atoms with E-state index in [-0.39, 0.29) is 0 Å². The largest absolute Gasteiger partial charge is 0.377 e. The first-order valence-electron chi connectivity index (χ1n) is 7.87. The monoisotopic (exact) mass is 252 g/mol. The van der Waals surface area contributed by atoms with Crippen LogP contribution >= 0.6 is 0 Å². The highest BCUT2D eigenvalue weighted by molar-refractivity contribution is 5.05. The van der Waals surface area contributed by atoms with Gasteiger partial charge in [0.25, 0.3) is 0 Å². The SMILES string of the molecule is CCOC1CCCN(CC2CC23CCNCC3)C1. The molecule has 2 aliphatic heterocycles. The molecule has 3 rings (SSSR count). The maximum Gasteiger partial charge on any atom is 0.0702 e. The van der Waals surface area contributed by atoms with Crippen molar-refractivity contribution in [1.29, 1.82) is 0 Å². The Morgan fingerprint density at radius 2 is 2.17 bits per heavy atom. The third-order valence-corrected chi connectivity index (χ3v) is 5.30. The van der Waals surface area contributed by atoms with Gasteiger partial charge in [-0.25, -0.2) is 0 Å². The molecular formula is C15H28N2O. The molecule has 0 amide bonds. The van der Waals surface area contributed by atoms with Gasteiger partial charge in [-0.05, 0) is 70.0 Å². The maximum atomic E-state index is 5.80. The van der Waals surface area contributed by atoms with E-state index in [9.17, 15) is 0 Å². The van der Waals surface area contributed by atoms with Crippen LogP contribution in [0, 0.1) is 11.3 Å². The fraction of sp³-hybridized carbons (Fsp3) is 1.00. The van der Waals surface area contributed by atoms with Gasteiger partial charge in [0.05, 0.1) is 6.10 Å². The summed E-state index contributed by atoms with van der Waals surface area (Å²) in [5.74, 6) is 0.986. The van der Waals surface area contributed by atoms with Gasteiger partial charge in [0.1, 0.15) is 0 Å². The molecule has 1 aliphatic carbocycles. The topological polar surface area (TPSA) is 24.5 Å². The Bertz CT molecular complexity index is 274. The van der Waals surface area contributed by atoms with Crippen molar-refractivity contribution in [3.8, 4) is 0 Å². The molecule has 2 heterocycles. The quantitative estimate of drug-likeness (QED) is 0.827. The normalized spacial score (nSPS) is 35.8. The van der Waals surface area contributed by atoms with Crippen molar-refractivity contribution in [2.75, 3.05) is 39.3 Å². The molecule has 2 saturated heterocycles. The predicted octanol–water partition coefficient (Wildman–Crippen LogP) is 1.88. The smallest absolute Gasteiger partial charge is 0.0702 e. The van der Waals surface area contributed by atoms with Gasteiger partial charge < -0.3 is 15.0 Å².